The first kappa shape index (κ1) is 14.5. The van der Waals surface area contributed by atoms with Crippen LogP contribution in [-0.2, 0) is 0 Å². The van der Waals surface area contributed by atoms with Gasteiger partial charge < -0.3 is 14.9 Å². The smallest absolute Gasteiger partial charge is 0.311 e. The number of ether oxygens (including phenoxy) is 2. The van der Waals surface area contributed by atoms with E-state index in [4.69, 9.17) is 15.3 Å². The molecule has 3 N–H and O–H groups in total. The Kier molecular flexibility index (Phi) is 4.14. The van der Waals surface area contributed by atoms with E-state index >= 15 is 0 Å². The second kappa shape index (κ2) is 6.01. The summed E-state index contributed by atoms with van der Waals surface area (Å²) in [4.78, 5) is 18.3. The van der Waals surface area contributed by atoms with Gasteiger partial charge in [-0.1, -0.05) is 0 Å². The Hall–Kier alpha value is -2.94. The first-order valence-electron chi connectivity index (χ1n) is 5.85. The number of benzene rings is 1. The van der Waals surface area contributed by atoms with Crippen LogP contribution in [0, 0.1) is 17.0 Å². The number of nitro groups is 1. The minimum Gasteiger partial charge on any atom is -0.497 e. The van der Waals surface area contributed by atoms with Gasteiger partial charge in [0.25, 0.3) is 0 Å². The molecule has 9 nitrogen and oxygen atoms in total. The van der Waals surface area contributed by atoms with Crippen LogP contribution < -0.4 is 20.7 Å². The number of hydrogen-bond acceptors (Lipinski definition) is 8. The molecule has 0 aliphatic heterocycles. The van der Waals surface area contributed by atoms with Gasteiger partial charge in [-0.2, -0.15) is 0 Å². The van der Waals surface area contributed by atoms with Gasteiger partial charge in [-0.05, 0) is 13.0 Å². The number of nitro benzene ring substituents is 1. The van der Waals surface area contributed by atoms with Crippen molar-refractivity contribution in [3.8, 4) is 17.4 Å². The monoisotopic (exact) mass is 291 g/mol. The highest BCUT2D eigenvalue weighted by atomic mass is 16.6. The summed E-state index contributed by atoms with van der Waals surface area (Å²) in [5, 5.41) is 11.0. The molecule has 110 valence electrons. The van der Waals surface area contributed by atoms with E-state index in [0.29, 0.717) is 17.1 Å². The number of hydrogen-bond donors (Lipinski definition) is 2. The highest BCUT2D eigenvalue weighted by Gasteiger charge is 2.19. The Morgan fingerprint density at radius 3 is 2.76 bits per heavy atom. The fourth-order valence-corrected chi connectivity index (χ4v) is 1.64. The minimum absolute atomic E-state index is 0.0177. The molecule has 0 aliphatic carbocycles. The van der Waals surface area contributed by atoms with Crippen molar-refractivity contribution in [2.75, 3.05) is 12.5 Å². The van der Waals surface area contributed by atoms with E-state index in [9.17, 15) is 10.1 Å². The molecule has 0 saturated carbocycles. The fraction of sp³-hybridized carbons (Fsp3) is 0.167. The van der Waals surface area contributed by atoms with E-state index in [1.54, 1.807) is 6.92 Å². The quantitative estimate of drug-likeness (QED) is 0.485. The molecular weight excluding hydrogens is 278 g/mol. The number of anilines is 1. The van der Waals surface area contributed by atoms with Crippen LogP contribution >= 0.6 is 0 Å². The molecular formula is C12H13N5O4. The van der Waals surface area contributed by atoms with Crippen LogP contribution in [0.15, 0.2) is 24.5 Å². The minimum atomic E-state index is -0.548. The SMILES string of the molecule is COc1ccc([N+](=O)[O-])c(Oc2ncnc(NN)c2C)c1. The van der Waals surface area contributed by atoms with Gasteiger partial charge in [-0.15, -0.1) is 0 Å². The lowest BCUT2D eigenvalue weighted by Gasteiger charge is -2.10. The fourth-order valence-electron chi connectivity index (χ4n) is 1.64. The van der Waals surface area contributed by atoms with Gasteiger partial charge in [0.15, 0.2) is 0 Å². The predicted molar refractivity (Wildman–Crippen MR) is 74.3 cm³/mol. The van der Waals surface area contributed by atoms with E-state index in [2.05, 4.69) is 15.4 Å². The van der Waals surface area contributed by atoms with Gasteiger partial charge >= 0.3 is 5.69 Å². The van der Waals surface area contributed by atoms with Crippen LogP contribution in [-0.4, -0.2) is 22.0 Å². The molecule has 0 radical (unpaired) electrons. The van der Waals surface area contributed by atoms with Gasteiger partial charge in [-0.25, -0.2) is 15.8 Å². The van der Waals surface area contributed by atoms with E-state index in [1.807, 2.05) is 0 Å². The van der Waals surface area contributed by atoms with Crippen LogP contribution in [0.4, 0.5) is 11.5 Å². The number of nitrogens with two attached hydrogens (primary N) is 1. The maximum Gasteiger partial charge on any atom is 0.311 e. The third-order valence-corrected chi connectivity index (χ3v) is 2.74. The highest BCUT2D eigenvalue weighted by Crippen LogP contribution is 2.35. The van der Waals surface area contributed by atoms with Gasteiger partial charge in [0.1, 0.15) is 17.9 Å². The van der Waals surface area contributed by atoms with Gasteiger partial charge in [0.05, 0.1) is 17.6 Å². The van der Waals surface area contributed by atoms with Crippen molar-refractivity contribution in [2.24, 2.45) is 5.84 Å². The lowest BCUT2D eigenvalue weighted by atomic mass is 10.2. The Morgan fingerprint density at radius 1 is 1.38 bits per heavy atom. The zero-order valence-corrected chi connectivity index (χ0v) is 11.4. The van der Waals surface area contributed by atoms with E-state index in [0.717, 1.165) is 0 Å². The molecule has 0 aliphatic rings. The number of methoxy groups -OCH3 is 1. The molecule has 21 heavy (non-hydrogen) atoms. The van der Waals surface area contributed by atoms with Crippen molar-refractivity contribution < 1.29 is 14.4 Å². The summed E-state index contributed by atoms with van der Waals surface area (Å²) < 4.78 is 10.6. The summed E-state index contributed by atoms with van der Waals surface area (Å²) in [6.07, 6.45) is 1.24. The second-order valence-electron chi connectivity index (χ2n) is 3.99. The average molecular weight is 291 g/mol. The largest absolute Gasteiger partial charge is 0.497 e. The van der Waals surface area contributed by atoms with Crippen LogP contribution in [0.5, 0.6) is 17.4 Å². The predicted octanol–water partition coefficient (Wildman–Crippen LogP) is 1.78. The molecule has 0 spiro atoms. The lowest BCUT2D eigenvalue weighted by molar-refractivity contribution is -0.385. The maximum absolute atomic E-state index is 11.0. The van der Waals surface area contributed by atoms with Crippen LogP contribution in [0.2, 0.25) is 0 Å². The van der Waals surface area contributed by atoms with Crippen molar-refractivity contribution in [1.82, 2.24) is 9.97 Å². The molecule has 0 fully saturated rings. The zero-order chi connectivity index (χ0) is 15.4. The molecule has 2 rings (SSSR count). The topological polar surface area (TPSA) is 125 Å². The Morgan fingerprint density at radius 2 is 2.14 bits per heavy atom. The van der Waals surface area contributed by atoms with Crippen molar-refractivity contribution in [1.29, 1.82) is 0 Å². The Balaban J connectivity index is 2.45. The first-order valence-corrected chi connectivity index (χ1v) is 5.85. The van der Waals surface area contributed by atoms with Gasteiger partial charge in [-0.3, -0.25) is 10.1 Å². The number of hydrazine groups is 1. The van der Waals surface area contributed by atoms with Crippen molar-refractivity contribution in [3.63, 3.8) is 0 Å². The number of rotatable bonds is 5. The third-order valence-electron chi connectivity index (χ3n) is 2.74. The molecule has 2 aromatic rings. The number of nitrogen functional groups attached to an aromatic ring is 1. The summed E-state index contributed by atoms with van der Waals surface area (Å²) in [6.45, 7) is 1.68. The molecule has 0 atom stereocenters. The van der Waals surface area contributed by atoms with Crippen molar-refractivity contribution in [2.45, 2.75) is 6.92 Å². The maximum atomic E-state index is 11.0. The lowest BCUT2D eigenvalue weighted by Crippen LogP contribution is -2.11. The molecule has 9 heteroatoms. The third kappa shape index (κ3) is 2.98. The molecule has 0 saturated heterocycles. The summed E-state index contributed by atoms with van der Waals surface area (Å²) in [5.74, 6) is 6.29. The molecule has 1 aromatic heterocycles. The molecule has 1 aromatic carbocycles. The summed E-state index contributed by atoms with van der Waals surface area (Å²) in [7, 11) is 1.46. The van der Waals surface area contributed by atoms with Crippen LogP contribution in [0.1, 0.15) is 5.56 Å². The van der Waals surface area contributed by atoms with E-state index in [1.165, 1.54) is 31.6 Å². The van der Waals surface area contributed by atoms with Crippen LogP contribution in [0.25, 0.3) is 0 Å². The zero-order valence-electron chi connectivity index (χ0n) is 11.4. The Labute approximate surface area is 119 Å². The normalized spacial score (nSPS) is 10.0. The van der Waals surface area contributed by atoms with E-state index < -0.39 is 4.92 Å². The number of aromatic nitrogens is 2. The summed E-state index contributed by atoms with van der Waals surface area (Å²) in [6, 6.07) is 4.19. The average Bonchev–Trinajstić information content (AvgIpc) is 2.49. The van der Waals surface area contributed by atoms with Gasteiger partial charge in [0, 0.05) is 12.1 Å². The summed E-state index contributed by atoms with van der Waals surface area (Å²) >= 11 is 0. The number of nitrogens with zero attached hydrogens (tertiary/aromatic N) is 3. The molecule has 1 heterocycles. The molecule has 0 bridgehead atoms. The second-order valence-corrected chi connectivity index (χ2v) is 3.99. The molecule has 0 unspecified atom stereocenters. The first-order chi connectivity index (χ1) is 10.1. The number of nitrogens with one attached hydrogen (secondary N) is 1. The van der Waals surface area contributed by atoms with Crippen molar-refractivity contribution in [3.05, 3.63) is 40.2 Å². The summed E-state index contributed by atoms with van der Waals surface area (Å²) in [5.41, 5.74) is 2.72. The van der Waals surface area contributed by atoms with Crippen LogP contribution in [0.3, 0.4) is 0 Å². The Bertz CT molecular complexity index is 677. The van der Waals surface area contributed by atoms with Gasteiger partial charge in [0.2, 0.25) is 11.6 Å². The standard InChI is InChI=1S/C12H13N5O4/c1-7-11(16-13)14-6-15-12(7)21-10-5-8(20-2)3-4-9(10)17(18)19/h3-6H,13H2,1-2H3,(H,14,15,16). The van der Waals surface area contributed by atoms with Crippen molar-refractivity contribution >= 4 is 11.5 Å². The molecule has 0 amide bonds. The highest BCUT2D eigenvalue weighted by molar-refractivity contribution is 5.54. The van der Waals surface area contributed by atoms with E-state index in [-0.39, 0.29) is 17.3 Å².